The van der Waals surface area contributed by atoms with Crippen LogP contribution in [-0.4, -0.2) is 12.9 Å². The summed E-state index contributed by atoms with van der Waals surface area (Å²) in [4.78, 5) is 12.7. The summed E-state index contributed by atoms with van der Waals surface area (Å²) in [5.41, 5.74) is 1.17. The molecule has 0 fully saturated rings. The van der Waals surface area contributed by atoms with Crippen LogP contribution in [0.4, 0.5) is 0 Å². The third-order valence-electron chi connectivity index (χ3n) is 2.84. The molecule has 94 valence electrons. The molecule has 1 aromatic carbocycles. The molecule has 18 heavy (non-hydrogen) atoms. The van der Waals surface area contributed by atoms with Crippen molar-refractivity contribution in [1.82, 2.24) is 0 Å². The van der Waals surface area contributed by atoms with Gasteiger partial charge in [0.05, 0.1) is 12.0 Å². The standard InChI is InChI=1S/C15H16O2S/c1-17-14-9-3-2-6-12(14)7-4-8-13(16)15-10-5-11-18-15/h2-3,5-6,9-11H,4,7-8H2,1H3. The molecule has 0 aliphatic carbocycles. The number of rotatable bonds is 6. The Kier molecular flexibility index (Phi) is 4.53. The summed E-state index contributed by atoms with van der Waals surface area (Å²) in [6.45, 7) is 0. The number of hydrogen-bond acceptors (Lipinski definition) is 3. The number of carbonyl (C=O) groups excluding carboxylic acids is 1. The van der Waals surface area contributed by atoms with Gasteiger partial charge in [-0.3, -0.25) is 4.79 Å². The van der Waals surface area contributed by atoms with Crippen molar-refractivity contribution in [2.75, 3.05) is 7.11 Å². The monoisotopic (exact) mass is 260 g/mol. The van der Waals surface area contributed by atoms with E-state index in [4.69, 9.17) is 4.74 Å². The highest BCUT2D eigenvalue weighted by Gasteiger charge is 2.07. The van der Waals surface area contributed by atoms with Crippen LogP contribution in [0.5, 0.6) is 5.75 Å². The van der Waals surface area contributed by atoms with Crippen LogP contribution >= 0.6 is 11.3 Å². The summed E-state index contributed by atoms with van der Waals surface area (Å²) in [5, 5.41) is 1.94. The number of ketones is 1. The minimum absolute atomic E-state index is 0.236. The van der Waals surface area contributed by atoms with Gasteiger partial charge in [-0.05, 0) is 35.9 Å². The van der Waals surface area contributed by atoms with E-state index in [9.17, 15) is 4.79 Å². The maximum atomic E-state index is 11.8. The molecule has 0 saturated heterocycles. The van der Waals surface area contributed by atoms with Crippen LogP contribution < -0.4 is 4.74 Å². The smallest absolute Gasteiger partial charge is 0.172 e. The van der Waals surface area contributed by atoms with Crippen molar-refractivity contribution >= 4 is 17.1 Å². The van der Waals surface area contributed by atoms with Gasteiger partial charge in [-0.15, -0.1) is 11.3 Å². The number of benzene rings is 1. The zero-order valence-electron chi connectivity index (χ0n) is 10.4. The van der Waals surface area contributed by atoms with Gasteiger partial charge in [0.2, 0.25) is 0 Å². The quantitative estimate of drug-likeness (QED) is 0.735. The third kappa shape index (κ3) is 3.20. The first-order chi connectivity index (χ1) is 8.81. The molecular weight excluding hydrogens is 244 g/mol. The zero-order chi connectivity index (χ0) is 12.8. The molecule has 0 aliphatic rings. The number of Topliss-reactive ketones (excluding diaryl/α,β-unsaturated/α-hetero) is 1. The lowest BCUT2D eigenvalue weighted by Gasteiger charge is -2.07. The van der Waals surface area contributed by atoms with Crippen molar-refractivity contribution in [2.24, 2.45) is 0 Å². The van der Waals surface area contributed by atoms with Crippen molar-refractivity contribution in [2.45, 2.75) is 19.3 Å². The third-order valence-corrected chi connectivity index (χ3v) is 3.75. The Bertz CT molecular complexity index is 503. The maximum absolute atomic E-state index is 11.8. The number of thiophene rings is 1. The van der Waals surface area contributed by atoms with Gasteiger partial charge in [0.1, 0.15) is 5.75 Å². The van der Waals surface area contributed by atoms with E-state index in [0.717, 1.165) is 23.5 Å². The highest BCUT2D eigenvalue weighted by molar-refractivity contribution is 7.12. The van der Waals surface area contributed by atoms with E-state index in [1.807, 2.05) is 35.7 Å². The summed E-state index contributed by atoms with van der Waals surface area (Å²) >= 11 is 1.51. The molecule has 0 unspecified atom stereocenters. The number of aryl methyl sites for hydroxylation is 1. The van der Waals surface area contributed by atoms with E-state index in [2.05, 4.69) is 6.07 Å². The van der Waals surface area contributed by atoms with Crippen LogP contribution in [-0.2, 0) is 6.42 Å². The first-order valence-electron chi connectivity index (χ1n) is 6.00. The van der Waals surface area contributed by atoms with Crippen molar-refractivity contribution in [3.63, 3.8) is 0 Å². The SMILES string of the molecule is COc1ccccc1CCCC(=O)c1cccs1. The van der Waals surface area contributed by atoms with Crippen molar-refractivity contribution in [3.8, 4) is 5.75 Å². The summed E-state index contributed by atoms with van der Waals surface area (Å²) in [5.74, 6) is 1.14. The molecule has 2 aromatic rings. The lowest BCUT2D eigenvalue weighted by atomic mass is 10.1. The minimum Gasteiger partial charge on any atom is -0.496 e. The Morgan fingerprint density at radius 1 is 1.22 bits per heavy atom. The first-order valence-corrected chi connectivity index (χ1v) is 6.88. The number of hydrogen-bond donors (Lipinski definition) is 0. The lowest BCUT2D eigenvalue weighted by Crippen LogP contribution is -1.98. The van der Waals surface area contributed by atoms with Crippen LogP contribution in [0, 0.1) is 0 Å². The highest BCUT2D eigenvalue weighted by Crippen LogP contribution is 2.20. The summed E-state index contributed by atoms with van der Waals surface area (Å²) in [6.07, 6.45) is 2.33. The fraction of sp³-hybridized carbons (Fsp3) is 0.267. The topological polar surface area (TPSA) is 26.3 Å². The minimum atomic E-state index is 0.236. The Balaban J connectivity index is 1.87. The average Bonchev–Trinajstić information content (AvgIpc) is 2.93. The highest BCUT2D eigenvalue weighted by atomic mass is 32.1. The molecule has 0 N–H and O–H groups in total. The van der Waals surface area contributed by atoms with E-state index in [1.54, 1.807) is 7.11 Å². The fourth-order valence-corrected chi connectivity index (χ4v) is 2.60. The second kappa shape index (κ2) is 6.36. The normalized spacial score (nSPS) is 10.3. The van der Waals surface area contributed by atoms with E-state index in [1.165, 1.54) is 16.9 Å². The first kappa shape index (κ1) is 12.8. The van der Waals surface area contributed by atoms with E-state index >= 15 is 0 Å². The fourth-order valence-electron chi connectivity index (χ4n) is 1.91. The second-order valence-electron chi connectivity index (χ2n) is 4.07. The molecule has 2 nitrogen and oxygen atoms in total. The predicted octanol–water partition coefficient (Wildman–Crippen LogP) is 3.96. The predicted molar refractivity (Wildman–Crippen MR) is 74.6 cm³/mol. The summed E-state index contributed by atoms with van der Waals surface area (Å²) in [6, 6.07) is 11.8. The zero-order valence-corrected chi connectivity index (χ0v) is 11.2. The van der Waals surface area contributed by atoms with Crippen molar-refractivity contribution < 1.29 is 9.53 Å². The van der Waals surface area contributed by atoms with Crippen LogP contribution in [0.2, 0.25) is 0 Å². The molecule has 3 heteroatoms. The molecule has 2 rings (SSSR count). The molecular formula is C15H16O2S. The van der Waals surface area contributed by atoms with E-state index in [-0.39, 0.29) is 5.78 Å². The number of carbonyl (C=O) groups is 1. The van der Waals surface area contributed by atoms with Crippen LogP contribution in [0.25, 0.3) is 0 Å². The second-order valence-corrected chi connectivity index (χ2v) is 5.01. The Morgan fingerprint density at radius 3 is 2.78 bits per heavy atom. The van der Waals surface area contributed by atoms with Gasteiger partial charge in [-0.25, -0.2) is 0 Å². The van der Waals surface area contributed by atoms with Crippen LogP contribution in [0.1, 0.15) is 28.1 Å². The average molecular weight is 260 g/mol. The largest absolute Gasteiger partial charge is 0.496 e. The number of ether oxygens (including phenoxy) is 1. The number of methoxy groups -OCH3 is 1. The van der Waals surface area contributed by atoms with Crippen LogP contribution in [0.15, 0.2) is 41.8 Å². The Labute approximate surface area is 111 Å². The van der Waals surface area contributed by atoms with Crippen molar-refractivity contribution in [1.29, 1.82) is 0 Å². The molecule has 0 spiro atoms. The van der Waals surface area contributed by atoms with Gasteiger partial charge in [0.25, 0.3) is 0 Å². The maximum Gasteiger partial charge on any atom is 0.172 e. The molecule has 0 amide bonds. The van der Waals surface area contributed by atoms with Gasteiger partial charge >= 0.3 is 0 Å². The van der Waals surface area contributed by atoms with Crippen LogP contribution in [0.3, 0.4) is 0 Å². The van der Waals surface area contributed by atoms with Gasteiger partial charge in [0, 0.05) is 6.42 Å². The van der Waals surface area contributed by atoms with Gasteiger partial charge in [0.15, 0.2) is 5.78 Å². The number of para-hydroxylation sites is 1. The lowest BCUT2D eigenvalue weighted by molar-refractivity contribution is 0.0984. The van der Waals surface area contributed by atoms with Crippen molar-refractivity contribution in [3.05, 3.63) is 52.2 Å². The Hall–Kier alpha value is -1.61. The molecule has 1 heterocycles. The molecule has 0 radical (unpaired) electrons. The Morgan fingerprint density at radius 2 is 2.06 bits per heavy atom. The van der Waals surface area contributed by atoms with Gasteiger partial charge < -0.3 is 4.74 Å². The van der Waals surface area contributed by atoms with E-state index < -0.39 is 0 Å². The molecule has 0 bridgehead atoms. The summed E-state index contributed by atoms with van der Waals surface area (Å²) < 4.78 is 5.29. The van der Waals surface area contributed by atoms with Gasteiger partial charge in [-0.2, -0.15) is 0 Å². The molecule has 0 atom stereocenters. The molecule has 0 saturated carbocycles. The van der Waals surface area contributed by atoms with Gasteiger partial charge in [-0.1, -0.05) is 24.3 Å². The molecule has 0 aliphatic heterocycles. The summed E-state index contributed by atoms with van der Waals surface area (Å²) in [7, 11) is 1.68. The molecule has 1 aromatic heterocycles. The van der Waals surface area contributed by atoms with E-state index in [0.29, 0.717) is 6.42 Å².